The Morgan fingerprint density at radius 2 is 2.04 bits per heavy atom. The highest BCUT2D eigenvalue weighted by atomic mass is 35.5. The van der Waals surface area contributed by atoms with Gasteiger partial charge in [0.15, 0.2) is 11.0 Å². The van der Waals surface area contributed by atoms with Crippen molar-refractivity contribution in [1.29, 1.82) is 0 Å². The summed E-state index contributed by atoms with van der Waals surface area (Å²) in [6.07, 6.45) is 1.39. The molecule has 2 heterocycles. The van der Waals surface area contributed by atoms with E-state index in [9.17, 15) is 9.59 Å². The quantitative estimate of drug-likeness (QED) is 0.460. The number of morpholine rings is 1. The average molecular weight is 395 g/mol. The highest BCUT2D eigenvalue weighted by Gasteiger charge is 2.38. The maximum atomic E-state index is 12.8. The molecule has 7 nitrogen and oxygen atoms in total. The third kappa shape index (κ3) is 4.27. The molecule has 0 bridgehead atoms. The van der Waals surface area contributed by atoms with Crippen LogP contribution in [-0.2, 0) is 14.3 Å². The molecular weight excluding hydrogens is 376 g/mol. The Kier molecular flexibility index (Phi) is 6.31. The SMILES string of the molecule is O=C1NC(=S)N(c2ccccc2Cl)C(=O)[C@@H]1C=NCCN1CCOCC1. The zero-order chi connectivity index (χ0) is 18.5. The molecule has 26 heavy (non-hydrogen) atoms. The molecule has 2 amide bonds. The number of halogens is 1. The van der Waals surface area contributed by atoms with Gasteiger partial charge in [0.2, 0.25) is 5.91 Å². The van der Waals surface area contributed by atoms with Crippen LogP contribution in [-0.4, -0.2) is 67.4 Å². The van der Waals surface area contributed by atoms with Crippen LogP contribution in [0.15, 0.2) is 29.3 Å². The molecule has 9 heteroatoms. The minimum Gasteiger partial charge on any atom is -0.379 e. The number of anilines is 1. The molecule has 2 saturated heterocycles. The summed E-state index contributed by atoms with van der Waals surface area (Å²) in [5, 5.41) is 2.94. The number of nitrogens with one attached hydrogen (secondary N) is 1. The van der Waals surface area contributed by atoms with E-state index in [2.05, 4.69) is 15.2 Å². The average Bonchev–Trinajstić information content (AvgIpc) is 2.63. The van der Waals surface area contributed by atoms with Gasteiger partial charge in [-0.2, -0.15) is 0 Å². The monoisotopic (exact) mass is 394 g/mol. The first-order valence-electron chi connectivity index (χ1n) is 8.31. The molecule has 0 aromatic heterocycles. The van der Waals surface area contributed by atoms with Crippen molar-refractivity contribution in [2.24, 2.45) is 10.9 Å². The van der Waals surface area contributed by atoms with Crippen LogP contribution in [0, 0.1) is 5.92 Å². The Morgan fingerprint density at radius 3 is 2.77 bits per heavy atom. The van der Waals surface area contributed by atoms with Crippen molar-refractivity contribution in [1.82, 2.24) is 10.2 Å². The van der Waals surface area contributed by atoms with Crippen molar-refractivity contribution >= 4 is 52.6 Å². The first-order valence-corrected chi connectivity index (χ1v) is 9.10. The minimum atomic E-state index is -1.03. The molecule has 0 saturated carbocycles. The minimum absolute atomic E-state index is 0.0195. The summed E-state index contributed by atoms with van der Waals surface area (Å²) in [6.45, 7) is 4.44. The lowest BCUT2D eigenvalue weighted by Gasteiger charge is -2.31. The fourth-order valence-corrected chi connectivity index (χ4v) is 3.30. The largest absolute Gasteiger partial charge is 0.379 e. The predicted octanol–water partition coefficient (Wildman–Crippen LogP) is 1.11. The molecule has 1 aromatic rings. The number of ether oxygens (including phenoxy) is 1. The highest BCUT2D eigenvalue weighted by molar-refractivity contribution is 7.80. The van der Waals surface area contributed by atoms with Crippen LogP contribution in [0.1, 0.15) is 0 Å². The highest BCUT2D eigenvalue weighted by Crippen LogP contribution is 2.28. The second kappa shape index (κ2) is 8.68. The zero-order valence-corrected chi connectivity index (χ0v) is 15.6. The van der Waals surface area contributed by atoms with Crippen LogP contribution in [0.3, 0.4) is 0 Å². The molecule has 1 atom stereocenters. The van der Waals surface area contributed by atoms with Gasteiger partial charge in [-0.1, -0.05) is 23.7 Å². The van der Waals surface area contributed by atoms with Gasteiger partial charge in [-0.05, 0) is 24.4 Å². The molecule has 0 aliphatic carbocycles. The number of benzene rings is 1. The summed E-state index contributed by atoms with van der Waals surface area (Å²) in [4.78, 5) is 32.7. The third-order valence-corrected chi connectivity index (χ3v) is 4.80. The summed E-state index contributed by atoms with van der Waals surface area (Å²) in [5.74, 6) is -1.96. The van der Waals surface area contributed by atoms with Gasteiger partial charge in [-0.3, -0.25) is 24.4 Å². The molecular formula is C17H19ClN4O3S. The van der Waals surface area contributed by atoms with E-state index in [0.717, 1.165) is 32.8 Å². The number of carbonyl (C=O) groups is 2. The Labute approximate surface area is 161 Å². The topological polar surface area (TPSA) is 74.2 Å². The second-order valence-electron chi connectivity index (χ2n) is 5.91. The normalized spacial score (nSPS) is 22.1. The Bertz CT molecular complexity index is 736. The van der Waals surface area contributed by atoms with Crippen molar-refractivity contribution in [2.45, 2.75) is 0 Å². The standard InChI is InChI=1S/C17H19ClN4O3S/c18-13-3-1-2-4-14(13)22-16(24)12(15(23)20-17(22)26)11-19-5-6-21-7-9-25-10-8-21/h1-4,11-12H,5-10H2,(H,20,23,26)/t12-/m1/s1. The second-order valence-corrected chi connectivity index (χ2v) is 6.70. The Morgan fingerprint density at radius 1 is 1.31 bits per heavy atom. The van der Waals surface area contributed by atoms with E-state index in [4.69, 9.17) is 28.6 Å². The van der Waals surface area contributed by atoms with E-state index in [0.29, 0.717) is 17.3 Å². The predicted molar refractivity (Wildman–Crippen MR) is 104 cm³/mol. The van der Waals surface area contributed by atoms with E-state index < -0.39 is 17.7 Å². The first-order chi connectivity index (χ1) is 12.6. The van der Waals surface area contributed by atoms with Crippen LogP contribution in [0.5, 0.6) is 0 Å². The van der Waals surface area contributed by atoms with E-state index in [1.54, 1.807) is 24.3 Å². The number of para-hydroxylation sites is 1. The molecule has 2 fully saturated rings. The molecule has 138 valence electrons. The van der Waals surface area contributed by atoms with Crippen molar-refractivity contribution in [3.05, 3.63) is 29.3 Å². The Balaban J connectivity index is 1.67. The summed E-state index contributed by atoms with van der Waals surface area (Å²) in [6, 6.07) is 6.84. The van der Waals surface area contributed by atoms with Crippen LogP contribution in [0.25, 0.3) is 0 Å². The smallest absolute Gasteiger partial charge is 0.251 e. The molecule has 2 aliphatic heterocycles. The van der Waals surface area contributed by atoms with Gasteiger partial charge in [-0.15, -0.1) is 0 Å². The van der Waals surface area contributed by atoms with E-state index >= 15 is 0 Å². The van der Waals surface area contributed by atoms with Crippen LogP contribution in [0.4, 0.5) is 5.69 Å². The maximum absolute atomic E-state index is 12.8. The first kappa shape index (κ1) is 18.9. The van der Waals surface area contributed by atoms with Crippen molar-refractivity contribution in [2.75, 3.05) is 44.3 Å². The van der Waals surface area contributed by atoms with Gasteiger partial charge in [0.1, 0.15) is 0 Å². The number of hydrogen-bond acceptors (Lipinski definition) is 6. The van der Waals surface area contributed by atoms with Gasteiger partial charge in [0.25, 0.3) is 5.91 Å². The number of amides is 2. The molecule has 0 unspecified atom stereocenters. The molecule has 2 aliphatic rings. The maximum Gasteiger partial charge on any atom is 0.251 e. The van der Waals surface area contributed by atoms with Crippen molar-refractivity contribution in [3.63, 3.8) is 0 Å². The molecule has 1 aromatic carbocycles. The third-order valence-electron chi connectivity index (χ3n) is 4.20. The fourth-order valence-electron chi connectivity index (χ4n) is 2.79. The molecule has 0 radical (unpaired) electrons. The van der Waals surface area contributed by atoms with Crippen LogP contribution in [0.2, 0.25) is 5.02 Å². The summed E-state index contributed by atoms with van der Waals surface area (Å²) < 4.78 is 5.30. The molecule has 0 spiro atoms. The lowest BCUT2D eigenvalue weighted by Crippen LogP contribution is -2.58. The van der Waals surface area contributed by atoms with E-state index in [-0.39, 0.29) is 5.11 Å². The lowest BCUT2D eigenvalue weighted by atomic mass is 10.1. The van der Waals surface area contributed by atoms with Gasteiger partial charge in [-0.25, -0.2) is 0 Å². The van der Waals surface area contributed by atoms with Gasteiger partial charge >= 0.3 is 0 Å². The number of thiocarbonyl (C=S) groups is 1. The lowest BCUT2D eigenvalue weighted by molar-refractivity contribution is -0.130. The van der Waals surface area contributed by atoms with Crippen molar-refractivity contribution < 1.29 is 14.3 Å². The van der Waals surface area contributed by atoms with Gasteiger partial charge < -0.3 is 10.1 Å². The molecule has 3 rings (SSSR count). The summed E-state index contributed by atoms with van der Waals surface area (Å²) in [7, 11) is 0. The number of aliphatic imine (C=N–C) groups is 1. The van der Waals surface area contributed by atoms with Gasteiger partial charge in [0.05, 0.1) is 30.5 Å². The summed E-state index contributed by atoms with van der Waals surface area (Å²) >= 11 is 11.3. The zero-order valence-electron chi connectivity index (χ0n) is 14.1. The van der Waals surface area contributed by atoms with Crippen LogP contribution >= 0.6 is 23.8 Å². The molecule has 1 N–H and O–H groups in total. The summed E-state index contributed by atoms with van der Waals surface area (Å²) in [5.41, 5.74) is 0.441. The number of hydrogen-bond donors (Lipinski definition) is 1. The number of rotatable bonds is 5. The number of nitrogens with zero attached hydrogens (tertiary/aromatic N) is 3. The fraction of sp³-hybridized carbons (Fsp3) is 0.412. The van der Waals surface area contributed by atoms with E-state index in [1.807, 2.05) is 0 Å². The van der Waals surface area contributed by atoms with Gasteiger partial charge in [0, 0.05) is 25.8 Å². The Hall–Kier alpha value is -1.87. The van der Waals surface area contributed by atoms with E-state index in [1.165, 1.54) is 11.1 Å². The van der Waals surface area contributed by atoms with Crippen molar-refractivity contribution in [3.8, 4) is 0 Å². The van der Waals surface area contributed by atoms with Crippen LogP contribution < -0.4 is 10.2 Å². The number of carbonyl (C=O) groups excluding carboxylic acids is 2.